The Labute approximate surface area is 121 Å². The van der Waals surface area contributed by atoms with E-state index in [4.69, 9.17) is 15.2 Å². The molecular weight excluding hydrogens is 252 g/mol. The van der Waals surface area contributed by atoms with Gasteiger partial charge in [0.25, 0.3) is 0 Å². The molecule has 1 heterocycles. The highest BCUT2D eigenvalue weighted by Crippen LogP contribution is 2.32. The van der Waals surface area contributed by atoms with E-state index in [1.807, 2.05) is 25.1 Å². The number of benzene rings is 1. The van der Waals surface area contributed by atoms with Crippen LogP contribution in [0.2, 0.25) is 0 Å². The third-order valence-electron chi connectivity index (χ3n) is 3.82. The number of nitrogens with two attached hydrogens (primary N) is 1. The summed E-state index contributed by atoms with van der Waals surface area (Å²) in [5.74, 6) is 1.65. The first kappa shape index (κ1) is 15.1. The fraction of sp³-hybridized carbons (Fsp3) is 0.625. The topological polar surface area (TPSA) is 47.7 Å². The fourth-order valence-corrected chi connectivity index (χ4v) is 2.74. The summed E-state index contributed by atoms with van der Waals surface area (Å²) in [6.07, 6.45) is 3.98. The molecule has 0 aromatic heterocycles. The molecule has 4 heteroatoms. The van der Waals surface area contributed by atoms with Crippen molar-refractivity contribution < 1.29 is 9.47 Å². The molecule has 0 bridgehead atoms. The molecule has 1 aromatic carbocycles. The molecule has 1 aliphatic rings. The Morgan fingerprint density at radius 1 is 1.20 bits per heavy atom. The minimum absolute atomic E-state index is 0.101. The van der Waals surface area contributed by atoms with Crippen LogP contribution >= 0.6 is 0 Å². The highest BCUT2D eigenvalue weighted by Gasteiger charge is 2.15. The van der Waals surface area contributed by atoms with E-state index in [1.54, 1.807) is 7.11 Å². The van der Waals surface area contributed by atoms with Gasteiger partial charge in [-0.2, -0.15) is 0 Å². The third-order valence-corrected chi connectivity index (χ3v) is 3.82. The molecule has 4 nitrogen and oxygen atoms in total. The lowest BCUT2D eigenvalue weighted by atomic mass is 10.1. The number of hydrogen-bond acceptors (Lipinski definition) is 4. The van der Waals surface area contributed by atoms with Crippen LogP contribution in [-0.2, 0) is 0 Å². The van der Waals surface area contributed by atoms with Gasteiger partial charge < -0.3 is 15.2 Å². The van der Waals surface area contributed by atoms with E-state index in [-0.39, 0.29) is 6.04 Å². The van der Waals surface area contributed by atoms with E-state index < -0.39 is 0 Å². The lowest BCUT2D eigenvalue weighted by Gasteiger charge is -2.26. The molecule has 1 saturated heterocycles. The molecule has 1 aromatic rings. The largest absolute Gasteiger partial charge is 0.496 e. The SMILES string of the molecule is COc1cccc(OCCN2CCCCC2)c1C(C)N. The zero-order valence-electron chi connectivity index (χ0n) is 12.6. The second-order valence-corrected chi connectivity index (χ2v) is 5.41. The first-order valence-electron chi connectivity index (χ1n) is 7.50. The van der Waals surface area contributed by atoms with E-state index >= 15 is 0 Å². The van der Waals surface area contributed by atoms with Crippen molar-refractivity contribution in [2.24, 2.45) is 5.73 Å². The minimum Gasteiger partial charge on any atom is -0.496 e. The number of hydrogen-bond donors (Lipinski definition) is 1. The number of rotatable bonds is 6. The molecule has 1 atom stereocenters. The predicted octanol–water partition coefficient (Wildman–Crippen LogP) is 2.58. The van der Waals surface area contributed by atoms with Crippen LogP contribution in [0.3, 0.4) is 0 Å². The molecule has 2 N–H and O–H groups in total. The normalized spacial score (nSPS) is 17.8. The second-order valence-electron chi connectivity index (χ2n) is 5.41. The summed E-state index contributed by atoms with van der Waals surface area (Å²) in [5.41, 5.74) is 6.99. The van der Waals surface area contributed by atoms with Crippen LogP contribution in [0.25, 0.3) is 0 Å². The van der Waals surface area contributed by atoms with Crippen molar-refractivity contribution in [2.45, 2.75) is 32.2 Å². The predicted molar refractivity (Wildman–Crippen MR) is 81.4 cm³/mol. The summed E-state index contributed by atoms with van der Waals surface area (Å²) in [4.78, 5) is 2.47. The Bertz CT molecular complexity index is 415. The van der Waals surface area contributed by atoms with E-state index in [0.29, 0.717) is 6.61 Å². The van der Waals surface area contributed by atoms with Gasteiger partial charge in [0.1, 0.15) is 18.1 Å². The van der Waals surface area contributed by atoms with Crippen molar-refractivity contribution in [1.29, 1.82) is 0 Å². The van der Waals surface area contributed by atoms with Gasteiger partial charge in [-0.3, -0.25) is 4.90 Å². The van der Waals surface area contributed by atoms with Crippen molar-refractivity contribution in [1.82, 2.24) is 4.90 Å². The van der Waals surface area contributed by atoms with Crippen LogP contribution in [0.4, 0.5) is 0 Å². The van der Waals surface area contributed by atoms with Crippen LogP contribution in [0.15, 0.2) is 18.2 Å². The zero-order valence-corrected chi connectivity index (χ0v) is 12.6. The molecule has 20 heavy (non-hydrogen) atoms. The highest BCUT2D eigenvalue weighted by atomic mass is 16.5. The number of piperidine rings is 1. The first-order valence-corrected chi connectivity index (χ1v) is 7.50. The Kier molecular flexibility index (Phi) is 5.68. The highest BCUT2D eigenvalue weighted by molar-refractivity contribution is 5.46. The lowest BCUT2D eigenvalue weighted by molar-refractivity contribution is 0.182. The lowest BCUT2D eigenvalue weighted by Crippen LogP contribution is -2.33. The summed E-state index contributed by atoms with van der Waals surface area (Å²) in [7, 11) is 1.67. The molecule has 0 radical (unpaired) electrons. The van der Waals surface area contributed by atoms with Gasteiger partial charge in [-0.05, 0) is 45.0 Å². The van der Waals surface area contributed by atoms with Gasteiger partial charge >= 0.3 is 0 Å². The quantitative estimate of drug-likeness (QED) is 0.869. The standard InChI is InChI=1S/C16H26N2O2/c1-13(17)16-14(19-2)7-6-8-15(16)20-12-11-18-9-4-3-5-10-18/h6-8,13H,3-5,9-12,17H2,1-2H3. The number of ether oxygens (including phenoxy) is 2. The van der Waals surface area contributed by atoms with E-state index in [0.717, 1.165) is 23.6 Å². The maximum atomic E-state index is 6.04. The smallest absolute Gasteiger partial charge is 0.127 e. The van der Waals surface area contributed by atoms with Crippen LogP contribution in [-0.4, -0.2) is 38.3 Å². The average Bonchev–Trinajstić information content (AvgIpc) is 2.47. The Hall–Kier alpha value is -1.26. The van der Waals surface area contributed by atoms with Crippen LogP contribution in [0.1, 0.15) is 37.8 Å². The fourth-order valence-electron chi connectivity index (χ4n) is 2.74. The van der Waals surface area contributed by atoms with Crippen LogP contribution in [0.5, 0.6) is 11.5 Å². The van der Waals surface area contributed by atoms with Gasteiger partial charge in [0.05, 0.1) is 12.7 Å². The first-order chi connectivity index (χ1) is 9.72. The summed E-state index contributed by atoms with van der Waals surface area (Å²) < 4.78 is 11.3. The Morgan fingerprint density at radius 2 is 1.90 bits per heavy atom. The van der Waals surface area contributed by atoms with Crippen molar-refractivity contribution in [3.05, 3.63) is 23.8 Å². The Balaban J connectivity index is 1.94. The van der Waals surface area contributed by atoms with Crippen molar-refractivity contribution in [3.63, 3.8) is 0 Å². The number of nitrogens with zero attached hydrogens (tertiary/aromatic N) is 1. The second kappa shape index (κ2) is 7.50. The Morgan fingerprint density at radius 3 is 2.55 bits per heavy atom. The molecule has 0 saturated carbocycles. The van der Waals surface area contributed by atoms with Crippen molar-refractivity contribution >= 4 is 0 Å². The summed E-state index contributed by atoms with van der Waals surface area (Å²) in [5, 5.41) is 0. The molecule has 1 aliphatic heterocycles. The van der Waals surface area contributed by atoms with Gasteiger partial charge in [0.15, 0.2) is 0 Å². The molecule has 1 fully saturated rings. The molecule has 0 amide bonds. The van der Waals surface area contributed by atoms with Crippen LogP contribution in [0, 0.1) is 0 Å². The third kappa shape index (κ3) is 3.87. The maximum absolute atomic E-state index is 6.04. The van der Waals surface area contributed by atoms with Crippen molar-refractivity contribution in [3.8, 4) is 11.5 Å². The van der Waals surface area contributed by atoms with Gasteiger partial charge in [-0.1, -0.05) is 12.5 Å². The van der Waals surface area contributed by atoms with E-state index in [1.165, 1.54) is 32.4 Å². The van der Waals surface area contributed by atoms with Gasteiger partial charge in [-0.15, -0.1) is 0 Å². The zero-order chi connectivity index (χ0) is 14.4. The maximum Gasteiger partial charge on any atom is 0.127 e. The van der Waals surface area contributed by atoms with E-state index in [9.17, 15) is 0 Å². The van der Waals surface area contributed by atoms with Crippen LogP contribution < -0.4 is 15.2 Å². The average molecular weight is 278 g/mol. The molecule has 0 aliphatic carbocycles. The molecule has 112 valence electrons. The molecular formula is C16H26N2O2. The van der Waals surface area contributed by atoms with Crippen molar-refractivity contribution in [2.75, 3.05) is 33.4 Å². The summed E-state index contributed by atoms with van der Waals surface area (Å²) >= 11 is 0. The van der Waals surface area contributed by atoms with E-state index in [2.05, 4.69) is 4.90 Å². The molecule has 2 rings (SSSR count). The summed E-state index contributed by atoms with van der Waals surface area (Å²) in [6, 6.07) is 5.74. The molecule has 0 spiro atoms. The van der Waals surface area contributed by atoms with Gasteiger partial charge in [0, 0.05) is 12.6 Å². The monoisotopic (exact) mass is 278 g/mol. The summed E-state index contributed by atoms with van der Waals surface area (Å²) in [6.45, 7) is 6.03. The van der Waals surface area contributed by atoms with Gasteiger partial charge in [-0.25, -0.2) is 0 Å². The number of methoxy groups -OCH3 is 1. The van der Waals surface area contributed by atoms with Gasteiger partial charge in [0.2, 0.25) is 0 Å². The minimum atomic E-state index is -0.101. The number of likely N-dealkylation sites (tertiary alicyclic amines) is 1. The molecule has 1 unspecified atom stereocenters.